The minimum Gasteiger partial charge on any atom is -0.316 e. The van der Waals surface area contributed by atoms with Crippen LogP contribution < -0.4 is 5.32 Å². The van der Waals surface area contributed by atoms with Gasteiger partial charge >= 0.3 is 0 Å². The average Bonchev–Trinajstić information content (AvgIpc) is 2.24. The van der Waals surface area contributed by atoms with Crippen LogP contribution in [0.1, 0.15) is 26.7 Å². The summed E-state index contributed by atoms with van der Waals surface area (Å²) in [6.45, 7) is 7.64. The molecule has 0 spiro atoms. The van der Waals surface area contributed by atoms with Crippen LogP contribution in [0.25, 0.3) is 0 Å². The molecule has 0 aliphatic carbocycles. The molecule has 2 saturated heterocycles. The predicted octanol–water partition coefficient (Wildman–Crippen LogP) is 0.904. The van der Waals surface area contributed by atoms with Crippen LogP contribution in [0.15, 0.2) is 0 Å². The summed E-state index contributed by atoms with van der Waals surface area (Å²) in [5.41, 5.74) is 0. The van der Waals surface area contributed by atoms with E-state index in [1.807, 2.05) is 0 Å². The van der Waals surface area contributed by atoms with E-state index in [1.165, 1.54) is 0 Å². The largest absolute Gasteiger partial charge is 0.316 e. The first-order valence-corrected chi connectivity index (χ1v) is 8.28. The van der Waals surface area contributed by atoms with Crippen molar-refractivity contribution in [2.75, 3.05) is 31.9 Å². The van der Waals surface area contributed by atoms with Crippen molar-refractivity contribution in [2.24, 2.45) is 17.8 Å². The second-order valence-corrected chi connectivity index (χ2v) is 7.80. The fourth-order valence-electron chi connectivity index (χ4n) is 2.69. The Labute approximate surface area is 105 Å². The van der Waals surface area contributed by atoms with Gasteiger partial charge in [-0.2, -0.15) is 0 Å². The third kappa shape index (κ3) is 3.20. The summed E-state index contributed by atoms with van der Waals surface area (Å²) in [4.78, 5) is 0. The summed E-state index contributed by atoms with van der Waals surface area (Å²) in [5.74, 6) is 2.05. The zero-order chi connectivity index (χ0) is 12.5. The Kier molecular flexibility index (Phi) is 4.10. The van der Waals surface area contributed by atoms with E-state index in [-0.39, 0.29) is 0 Å². The minimum atomic E-state index is -3.00. The lowest BCUT2D eigenvalue weighted by Gasteiger charge is -2.35. The first-order valence-electron chi connectivity index (χ1n) is 6.67. The van der Waals surface area contributed by atoms with Gasteiger partial charge in [-0.3, -0.25) is 0 Å². The molecule has 0 aromatic carbocycles. The topological polar surface area (TPSA) is 49.4 Å². The van der Waals surface area contributed by atoms with Gasteiger partial charge in [0.1, 0.15) is 0 Å². The first-order chi connectivity index (χ1) is 7.99. The summed E-state index contributed by atoms with van der Waals surface area (Å²) >= 11 is 0. The molecular formula is C12H24N2O2S. The van der Waals surface area contributed by atoms with Gasteiger partial charge in [-0.25, -0.2) is 12.7 Å². The molecule has 0 radical (unpaired) electrons. The average molecular weight is 260 g/mol. The van der Waals surface area contributed by atoms with Gasteiger partial charge < -0.3 is 5.32 Å². The van der Waals surface area contributed by atoms with E-state index in [4.69, 9.17) is 0 Å². The van der Waals surface area contributed by atoms with E-state index >= 15 is 0 Å². The summed E-state index contributed by atoms with van der Waals surface area (Å²) in [6.07, 6.45) is 2.06. The van der Waals surface area contributed by atoms with Crippen LogP contribution >= 0.6 is 0 Å². The summed E-state index contributed by atoms with van der Waals surface area (Å²) in [7, 11) is -3.00. The van der Waals surface area contributed by atoms with Gasteiger partial charge in [0, 0.05) is 26.2 Å². The van der Waals surface area contributed by atoms with Crippen molar-refractivity contribution in [1.82, 2.24) is 9.62 Å². The van der Waals surface area contributed by atoms with Gasteiger partial charge in [0.05, 0.1) is 5.75 Å². The van der Waals surface area contributed by atoms with Crippen LogP contribution in [0.5, 0.6) is 0 Å². The molecule has 0 amide bonds. The molecule has 2 heterocycles. The summed E-state index contributed by atoms with van der Waals surface area (Å²) < 4.78 is 26.0. The molecule has 2 aliphatic rings. The highest BCUT2D eigenvalue weighted by Gasteiger charge is 2.32. The van der Waals surface area contributed by atoms with Crippen LogP contribution in [-0.4, -0.2) is 44.7 Å². The van der Waals surface area contributed by atoms with Crippen LogP contribution in [0.4, 0.5) is 0 Å². The van der Waals surface area contributed by atoms with Gasteiger partial charge in [0.2, 0.25) is 10.0 Å². The van der Waals surface area contributed by atoms with Crippen molar-refractivity contribution >= 4 is 10.0 Å². The van der Waals surface area contributed by atoms with Crippen LogP contribution in [-0.2, 0) is 10.0 Å². The Morgan fingerprint density at radius 2 is 1.82 bits per heavy atom. The third-order valence-corrected chi connectivity index (χ3v) is 6.19. The van der Waals surface area contributed by atoms with E-state index in [0.29, 0.717) is 23.5 Å². The highest BCUT2D eigenvalue weighted by molar-refractivity contribution is 7.89. The van der Waals surface area contributed by atoms with Crippen molar-refractivity contribution < 1.29 is 8.42 Å². The minimum absolute atomic E-state index is 0.336. The second kappa shape index (κ2) is 5.24. The molecule has 17 heavy (non-hydrogen) atoms. The number of nitrogens with zero attached hydrogens (tertiary/aromatic N) is 1. The van der Waals surface area contributed by atoms with Gasteiger partial charge in [-0.15, -0.1) is 0 Å². The molecule has 100 valence electrons. The third-order valence-electron chi connectivity index (χ3n) is 4.15. The Balaban J connectivity index is 1.86. The maximum Gasteiger partial charge on any atom is 0.214 e. The van der Waals surface area contributed by atoms with Crippen molar-refractivity contribution in [3.8, 4) is 0 Å². The van der Waals surface area contributed by atoms with Crippen molar-refractivity contribution in [3.05, 3.63) is 0 Å². The highest BCUT2D eigenvalue weighted by Crippen LogP contribution is 2.26. The molecule has 0 bridgehead atoms. The Morgan fingerprint density at radius 3 is 2.24 bits per heavy atom. The van der Waals surface area contributed by atoms with E-state index in [0.717, 1.165) is 39.0 Å². The summed E-state index contributed by atoms with van der Waals surface area (Å²) in [5, 5.41) is 3.13. The first kappa shape index (κ1) is 13.3. The van der Waals surface area contributed by atoms with Crippen LogP contribution in [0.2, 0.25) is 0 Å². The molecule has 1 N–H and O–H groups in total. The van der Waals surface area contributed by atoms with Crippen LogP contribution in [0.3, 0.4) is 0 Å². The fourth-order valence-corrected chi connectivity index (χ4v) is 4.50. The molecule has 0 saturated carbocycles. The van der Waals surface area contributed by atoms with E-state index in [2.05, 4.69) is 19.2 Å². The number of piperidine rings is 1. The van der Waals surface area contributed by atoms with Gasteiger partial charge in [0.25, 0.3) is 0 Å². The number of hydrogen-bond acceptors (Lipinski definition) is 3. The van der Waals surface area contributed by atoms with E-state index in [1.54, 1.807) is 4.31 Å². The zero-order valence-corrected chi connectivity index (χ0v) is 11.7. The molecule has 2 rings (SSSR count). The van der Waals surface area contributed by atoms with E-state index < -0.39 is 10.0 Å². The maximum atomic E-state index is 12.2. The number of sulfonamides is 1. The molecule has 2 fully saturated rings. The maximum absolute atomic E-state index is 12.2. The lowest BCUT2D eigenvalue weighted by molar-refractivity contribution is 0.225. The number of nitrogens with one attached hydrogen (secondary N) is 1. The van der Waals surface area contributed by atoms with Crippen LogP contribution in [0, 0.1) is 17.8 Å². The fraction of sp³-hybridized carbons (Fsp3) is 1.00. The van der Waals surface area contributed by atoms with Crippen molar-refractivity contribution in [3.63, 3.8) is 0 Å². The molecule has 0 atom stereocenters. The Bertz CT molecular complexity index is 342. The predicted molar refractivity (Wildman–Crippen MR) is 69.3 cm³/mol. The second-order valence-electron chi connectivity index (χ2n) is 5.78. The smallest absolute Gasteiger partial charge is 0.214 e. The van der Waals surface area contributed by atoms with Crippen molar-refractivity contribution in [1.29, 1.82) is 0 Å². The Hall–Kier alpha value is -0.130. The molecule has 0 aromatic rings. The lowest BCUT2D eigenvalue weighted by atomic mass is 9.87. The van der Waals surface area contributed by atoms with Crippen molar-refractivity contribution in [2.45, 2.75) is 26.7 Å². The lowest BCUT2D eigenvalue weighted by Crippen LogP contribution is -2.49. The standard InChI is InChI=1S/C12H24N2O2S/c1-10(2)12-3-5-14(6-4-12)17(15,16)9-11-7-13-8-11/h10-13H,3-9H2,1-2H3. The molecule has 0 unspecified atom stereocenters. The van der Waals surface area contributed by atoms with E-state index in [9.17, 15) is 8.42 Å². The van der Waals surface area contributed by atoms with Gasteiger partial charge in [-0.1, -0.05) is 13.8 Å². The number of rotatable bonds is 4. The molecule has 2 aliphatic heterocycles. The summed E-state index contributed by atoms with van der Waals surface area (Å²) in [6, 6.07) is 0. The highest BCUT2D eigenvalue weighted by atomic mass is 32.2. The quantitative estimate of drug-likeness (QED) is 0.817. The molecule has 4 nitrogen and oxygen atoms in total. The number of hydrogen-bond donors (Lipinski definition) is 1. The SMILES string of the molecule is CC(C)C1CCN(S(=O)(=O)CC2CNC2)CC1. The van der Waals surface area contributed by atoms with Gasteiger partial charge in [-0.05, 0) is 30.6 Å². The molecule has 5 heteroatoms. The normalized spacial score (nSPS) is 25.1. The molecular weight excluding hydrogens is 236 g/mol. The molecule has 0 aromatic heterocycles. The monoisotopic (exact) mass is 260 g/mol. The zero-order valence-electron chi connectivity index (χ0n) is 10.9. The Morgan fingerprint density at radius 1 is 1.24 bits per heavy atom. The van der Waals surface area contributed by atoms with Gasteiger partial charge in [0.15, 0.2) is 0 Å².